The van der Waals surface area contributed by atoms with Gasteiger partial charge in [-0.15, -0.1) is 15.7 Å². The third-order valence-electron chi connectivity index (χ3n) is 3.36. The molecule has 26 heavy (non-hydrogen) atoms. The summed E-state index contributed by atoms with van der Waals surface area (Å²) in [5.41, 5.74) is 0.0919. The van der Waals surface area contributed by atoms with E-state index in [1.54, 1.807) is 0 Å². The lowest BCUT2D eigenvalue weighted by Gasteiger charge is -2.06. The molecule has 2 aromatic heterocycles. The normalized spacial score (nSPS) is 13.0. The average molecular weight is 439 g/mol. The number of thiazole rings is 1. The summed E-state index contributed by atoms with van der Waals surface area (Å²) in [6.07, 6.45) is 0. The third kappa shape index (κ3) is 3.99. The van der Waals surface area contributed by atoms with Gasteiger partial charge in [-0.05, 0) is 25.1 Å². The molecule has 0 saturated heterocycles. The number of aromatic nitrogens is 1. The van der Waals surface area contributed by atoms with E-state index in [4.69, 9.17) is 16.3 Å². The van der Waals surface area contributed by atoms with Gasteiger partial charge < -0.3 is 9.30 Å². The van der Waals surface area contributed by atoms with Crippen molar-refractivity contribution >= 4 is 54.5 Å². The smallest absolute Gasteiger partial charge is 0.294 e. The third-order valence-corrected chi connectivity index (χ3v) is 7.47. The lowest BCUT2D eigenvalue weighted by atomic mass is 10.3. The highest BCUT2D eigenvalue weighted by Gasteiger charge is 2.19. The van der Waals surface area contributed by atoms with Crippen LogP contribution in [0, 0.1) is 11.6 Å². The molecule has 0 saturated carbocycles. The van der Waals surface area contributed by atoms with Crippen LogP contribution >= 0.6 is 34.3 Å². The van der Waals surface area contributed by atoms with Crippen LogP contribution in [-0.2, 0) is 21.3 Å². The van der Waals surface area contributed by atoms with Crippen LogP contribution in [0.25, 0.3) is 10.2 Å². The van der Waals surface area contributed by atoms with Crippen LogP contribution in [0.2, 0.25) is 4.34 Å². The van der Waals surface area contributed by atoms with Gasteiger partial charge in [0.15, 0.2) is 5.82 Å². The Hall–Kier alpha value is -1.33. The Morgan fingerprint density at radius 2 is 2.04 bits per heavy atom. The number of benzene rings is 1. The number of hydrogen-bond acceptors (Lipinski definition) is 5. The number of nitrogens with zero attached hydrogens (tertiary/aromatic N) is 2. The monoisotopic (exact) mass is 438 g/mol. The first-order valence-electron chi connectivity index (χ1n) is 7.44. The van der Waals surface area contributed by atoms with Gasteiger partial charge in [-0.25, -0.2) is 8.78 Å². The summed E-state index contributed by atoms with van der Waals surface area (Å²) in [7, 11) is -4.02. The molecule has 0 aliphatic carbocycles. The second-order valence-corrected chi connectivity index (χ2v) is 9.65. The van der Waals surface area contributed by atoms with E-state index in [-0.39, 0.29) is 32.4 Å². The second-order valence-electron chi connectivity index (χ2n) is 5.09. The molecule has 0 radical (unpaired) electrons. The molecule has 0 atom stereocenters. The molecule has 0 amide bonds. The highest BCUT2D eigenvalue weighted by Crippen LogP contribution is 2.27. The first kappa shape index (κ1) is 19.4. The van der Waals surface area contributed by atoms with Crippen molar-refractivity contribution in [3.63, 3.8) is 0 Å². The molecule has 0 fully saturated rings. The maximum absolute atomic E-state index is 14.3. The molecule has 5 nitrogen and oxygen atoms in total. The van der Waals surface area contributed by atoms with Crippen LogP contribution in [0.3, 0.4) is 0 Å². The van der Waals surface area contributed by atoms with Crippen molar-refractivity contribution in [1.82, 2.24) is 4.57 Å². The number of sulfonamides is 1. The number of halogens is 3. The van der Waals surface area contributed by atoms with E-state index >= 15 is 0 Å². The number of fused-ring (bicyclic) bond motifs is 1. The summed E-state index contributed by atoms with van der Waals surface area (Å²) in [4.78, 5) is 0.0359. The topological polar surface area (TPSA) is 60.7 Å². The van der Waals surface area contributed by atoms with Gasteiger partial charge in [0.1, 0.15) is 10.0 Å². The quantitative estimate of drug-likeness (QED) is 0.546. The molecule has 140 valence electrons. The highest BCUT2D eigenvalue weighted by atomic mass is 35.5. The lowest BCUT2D eigenvalue weighted by Crippen LogP contribution is -2.20. The minimum Gasteiger partial charge on any atom is -0.380 e. The van der Waals surface area contributed by atoms with Gasteiger partial charge in [0, 0.05) is 19.2 Å². The van der Waals surface area contributed by atoms with E-state index in [1.165, 1.54) is 16.7 Å². The molecule has 0 spiro atoms. The van der Waals surface area contributed by atoms with Crippen LogP contribution in [0.5, 0.6) is 0 Å². The molecule has 3 aromatic rings. The molecule has 0 aliphatic rings. The van der Waals surface area contributed by atoms with Crippen LogP contribution in [0.1, 0.15) is 6.92 Å². The van der Waals surface area contributed by atoms with Crippen molar-refractivity contribution in [2.24, 2.45) is 4.40 Å². The Bertz CT molecular complexity index is 1120. The highest BCUT2D eigenvalue weighted by molar-refractivity contribution is 7.92. The van der Waals surface area contributed by atoms with Crippen LogP contribution in [0.4, 0.5) is 8.78 Å². The van der Waals surface area contributed by atoms with E-state index in [9.17, 15) is 17.2 Å². The van der Waals surface area contributed by atoms with Crippen LogP contribution < -0.4 is 4.80 Å². The Labute approximate surface area is 161 Å². The molecule has 0 unspecified atom stereocenters. The fraction of sp³-hybridized carbons (Fsp3) is 0.267. The van der Waals surface area contributed by atoms with Crippen molar-refractivity contribution in [3.05, 3.63) is 45.0 Å². The van der Waals surface area contributed by atoms with Crippen molar-refractivity contribution in [2.75, 3.05) is 13.2 Å². The zero-order valence-corrected chi connectivity index (χ0v) is 16.6. The van der Waals surface area contributed by atoms with Gasteiger partial charge in [0.2, 0.25) is 4.80 Å². The summed E-state index contributed by atoms with van der Waals surface area (Å²) in [5.74, 6) is -1.53. The van der Waals surface area contributed by atoms with Crippen molar-refractivity contribution in [2.45, 2.75) is 17.7 Å². The molecule has 0 bridgehead atoms. The zero-order valence-electron chi connectivity index (χ0n) is 13.4. The van der Waals surface area contributed by atoms with E-state index in [1.807, 2.05) is 6.92 Å². The molecule has 1 aromatic carbocycles. The van der Waals surface area contributed by atoms with Crippen molar-refractivity contribution in [1.29, 1.82) is 0 Å². The SMILES string of the molecule is CCOCCn1/c(=N/S(=O)(=O)c2ccc(Cl)s2)sc2cc(F)cc(F)c21. The Morgan fingerprint density at radius 1 is 1.27 bits per heavy atom. The van der Waals surface area contributed by atoms with E-state index in [2.05, 4.69) is 4.40 Å². The summed E-state index contributed by atoms with van der Waals surface area (Å²) in [6, 6.07) is 4.71. The Balaban J connectivity index is 2.20. The number of hydrogen-bond donors (Lipinski definition) is 0. The molecule has 3 rings (SSSR count). The first-order valence-corrected chi connectivity index (χ1v) is 10.9. The maximum Gasteiger partial charge on any atom is 0.294 e. The van der Waals surface area contributed by atoms with Gasteiger partial charge in [0.05, 0.1) is 21.2 Å². The summed E-state index contributed by atoms with van der Waals surface area (Å²) < 4.78 is 63.8. The lowest BCUT2D eigenvalue weighted by molar-refractivity contribution is 0.139. The fourth-order valence-electron chi connectivity index (χ4n) is 2.29. The standard InChI is InChI=1S/C15H13ClF2N2O3S3/c1-2-23-6-5-20-14-10(18)7-9(17)8-11(14)24-15(20)19-26(21,22)13-4-3-12(16)25-13/h3-4,7-8H,2,5-6H2,1H3/b19-15-. The number of rotatable bonds is 6. The predicted octanol–water partition coefficient (Wildman–Crippen LogP) is 4.02. The summed E-state index contributed by atoms with van der Waals surface area (Å²) in [5, 5.41) is 0. The minimum atomic E-state index is -4.02. The average Bonchev–Trinajstić information content (AvgIpc) is 3.12. The molecule has 0 N–H and O–H groups in total. The van der Waals surface area contributed by atoms with Gasteiger partial charge in [-0.2, -0.15) is 8.42 Å². The Morgan fingerprint density at radius 3 is 2.69 bits per heavy atom. The first-order chi connectivity index (χ1) is 12.3. The molecular formula is C15H13ClF2N2O3S3. The molecule has 0 aliphatic heterocycles. The van der Waals surface area contributed by atoms with Gasteiger partial charge in [-0.3, -0.25) is 0 Å². The largest absolute Gasteiger partial charge is 0.380 e. The van der Waals surface area contributed by atoms with Crippen LogP contribution in [0.15, 0.2) is 32.9 Å². The molecule has 2 heterocycles. The van der Waals surface area contributed by atoms with E-state index < -0.39 is 21.7 Å². The summed E-state index contributed by atoms with van der Waals surface area (Å²) in [6.45, 7) is 2.67. The zero-order chi connectivity index (χ0) is 18.9. The minimum absolute atomic E-state index is 0.0250. The number of thiophene rings is 1. The summed E-state index contributed by atoms with van der Waals surface area (Å²) >= 11 is 7.56. The molecule has 11 heteroatoms. The van der Waals surface area contributed by atoms with Gasteiger partial charge in [-0.1, -0.05) is 22.9 Å². The van der Waals surface area contributed by atoms with E-state index in [0.29, 0.717) is 10.9 Å². The van der Waals surface area contributed by atoms with Crippen molar-refractivity contribution < 1.29 is 21.9 Å². The number of ether oxygens (including phenoxy) is 1. The maximum atomic E-state index is 14.3. The van der Waals surface area contributed by atoms with E-state index in [0.717, 1.165) is 34.8 Å². The van der Waals surface area contributed by atoms with Crippen LogP contribution in [-0.4, -0.2) is 26.2 Å². The predicted molar refractivity (Wildman–Crippen MR) is 98.3 cm³/mol. The second kappa shape index (κ2) is 7.73. The van der Waals surface area contributed by atoms with Gasteiger partial charge >= 0.3 is 0 Å². The Kier molecular flexibility index (Phi) is 5.78. The fourth-order valence-corrected chi connectivity index (χ4v) is 6.05. The van der Waals surface area contributed by atoms with Crippen molar-refractivity contribution in [3.8, 4) is 0 Å². The van der Waals surface area contributed by atoms with Gasteiger partial charge in [0.25, 0.3) is 10.0 Å². The molecular weight excluding hydrogens is 426 g/mol.